The normalized spacial score (nSPS) is 23.1. The van der Waals surface area contributed by atoms with Crippen LogP contribution in [0.15, 0.2) is 30.3 Å². The van der Waals surface area contributed by atoms with Crippen LogP contribution in [-0.4, -0.2) is 205 Å². The summed E-state index contributed by atoms with van der Waals surface area (Å²) in [5, 5.41) is 48.8. The fraction of sp³-hybridized carbons (Fsp3) is 0.679. The minimum Gasteiger partial charge on any atom is -0.391 e. The van der Waals surface area contributed by atoms with E-state index in [4.69, 9.17) is 33.2 Å². The molecule has 0 radical (unpaired) electrons. The number of hydrogen-bond donors (Lipinski definition) is 19. The summed E-state index contributed by atoms with van der Waals surface area (Å²) in [5.74, 6) is -11.2. The van der Waals surface area contributed by atoms with Gasteiger partial charge in [-0.1, -0.05) is 57.5 Å². The minimum absolute atomic E-state index is 0.0276. The summed E-state index contributed by atoms with van der Waals surface area (Å²) < 4.78 is 17.4. The Morgan fingerprint density at radius 1 is 0.628 bits per heavy atom. The Balaban J connectivity index is 2.69. The highest BCUT2D eigenvalue weighted by molar-refractivity contribution is 7.53. The zero-order valence-electron chi connectivity index (χ0n) is 49.6. The third kappa shape index (κ3) is 26.9. The largest absolute Gasteiger partial charge is 0.391 e. The standard InChI is InChI=1S/C53H93N16O16P/c1-6-7-25-85-86(83,84)28-41(72)60-33(13-19-54)48(77)69-43(31(5)71)53(82)65-36(16-22-57)45(74)64-38-18-24-59-52(81)42(30(4)70)68-49(78)37(17-23-58)62-44(73)34(14-20-55)63-50(79)39(26-29(2)3)66-51(80)40(27-32-11-9-8-10-12-32)67-46(75)35(15-21-56)61-47(38)76/h8-12,29-31,33-40,42-43,70-71H,6-7,13-28,54-58H2,1-5H3,(H,59,81)(H,60,72)(H,61,76)(H,62,73)(H,63,79)(H,64,74)(H,65,82)(H,66,80)(H,67,75)(H,68,78)(H,69,77)(H,83,84)/t30-,31?,33-,34-,35-,36-,37-,38-,39-,40+,42-,43-/m0/s1. The lowest BCUT2D eigenvalue weighted by Crippen LogP contribution is -2.62. The van der Waals surface area contributed by atoms with Gasteiger partial charge in [0, 0.05) is 13.0 Å². The van der Waals surface area contributed by atoms with Crippen molar-refractivity contribution >= 4 is 72.6 Å². The van der Waals surface area contributed by atoms with Gasteiger partial charge in [-0.05, 0) is 109 Å². The molecule has 1 aliphatic heterocycles. The van der Waals surface area contributed by atoms with Gasteiger partial charge < -0.3 is 107 Å². The van der Waals surface area contributed by atoms with Gasteiger partial charge in [0.15, 0.2) is 0 Å². The van der Waals surface area contributed by atoms with Crippen LogP contribution in [0, 0.1) is 5.92 Å². The third-order valence-corrected chi connectivity index (χ3v) is 14.6. The highest BCUT2D eigenvalue weighted by Crippen LogP contribution is 2.41. The monoisotopic (exact) mass is 1240 g/mol. The molecule has 11 amide bonds. The molecule has 2 unspecified atom stereocenters. The molecule has 86 heavy (non-hydrogen) atoms. The summed E-state index contributed by atoms with van der Waals surface area (Å²) in [7, 11) is -4.43. The van der Waals surface area contributed by atoms with Crippen molar-refractivity contribution in [2.75, 3.05) is 52.0 Å². The number of aliphatic hydroxyl groups is 2. The summed E-state index contributed by atoms with van der Waals surface area (Å²) in [4.78, 5) is 164. The van der Waals surface area contributed by atoms with Gasteiger partial charge in [0.2, 0.25) is 65.0 Å². The van der Waals surface area contributed by atoms with Crippen LogP contribution >= 0.6 is 7.60 Å². The number of carbonyl (C=O) groups excluding carboxylic acids is 11. The third-order valence-electron chi connectivity index (χ3n) is 13.3. The van der Waals surface area contributed by atoms with Crippen LogP contribution in [0.25, 0.3) is 0 Å². The van der Waals surface area contributed by atoms with Crippen molar-refractivity contribution in [2.24, 2.45) is 34.6 Å². The zero-order chi connectivity index (χ0) is 64.7. The number of nitrogens with two attached hydrogens (primary N) is 5. The van der Waals surface area contributed by atoms with Crippen molar-refractivity contribution in [2.45, 2.75) is 171 Å². The molecule has 13 atom stereocenters. The van der Waals surface area contributed by atoms with E-state index in [2.05, 4.69) is 58.5 Å². The molecule has 1 heterocycles. The molecule has 1 aromatic rings. The van der Waals surface area contributed by atoms with E-state index in [9.17, 15) is 72.4 Å². The maximum Gasteiger partial charge on any atom is 0.337 e. The smallest absolute Gasteiger partial charge is 0.337 e. The van der Waals surface area contributed by atoms with Crippen molar-refractivity contribution < 1.29 is 76.9 Å². The Bertz CT molecular complexity index is 2450. The molecule has 32 nitrogen and oxygen atoms in total. The number of unbranched alkanes of at least 4 members (excludes halogenated alkanes) is 1. The molecule has 0 saturated carbocycles. The zero-order valence-corrected chi connectivity index (χ0v) is 50.5. The van der Waals surface area contributed by atoms with E-state index in [1.54, 1.807) is 44.2 Å². The first kappa shape index (κ1) is 75.4. The van der Waals surface area contributed by atoms with Crippen LogP contribution in [-0.2, 0) is 68.2 Å². The number of benzene rings is 1. The first-order valence-corrected chi connectivity index (χ1v) is 30.6. The second-order valence-corrected chi connectivity index (χ2v) is 23.1. The number of carbonyl (C=O) groups is 11. The molecule has 1 fully saturated rings. The van der Waals surface area contributed by atoms with E-state index in [0.717, 1.165) is 6.92 Å². The van der Waals surface area contributed by atoms with Crippen LogP contribution in [0.4, 0.5) is 0 Å². The van der Waals surface area contributed by atoms with Gasteiger partial charge >= 0.3 is 7.60 Å². The average molecular weight is 1240 g/mol. The number of amides is 11. The summed E-state index contributed by atoms with van der Waals surface area (Å²) in [6.45, 7) is 6.06. The van der Waals surface area contributed by atoms with Gasteiger partial charge in [0.05, 0.1) is 18.8 Å². The molecule has 2 rings (SSSR count). The van der Waals surface area contributed by atoms with Crippen LogP contribution in [0.5, 0.6) is 0 Å². The SMILES string of the molecule is CCCCOP(=O)(O)CC(=O)N[C@@H](CCN)C(=O)N[C@H](C(=O)N[C@@H](CCN)C(=O)N[C@H]1CCNC(=O)[C@H]([C@H](C)O)NC(=O)[C@H](CCN)NC(=O)[C@H](CCN)NC(=O)[C@H](CC(C)C)NC(=O)[C@@H](Cc2ccccc2)NC(=O)[C@H](CCN)NC1=O)C(C)O. The van der Waals surface area contributed by atoms with E-state index in [-0.39, 0.29) is 90.2 Å². The molecule has 33 heteroatoms. The Kier molecular flexibility index (Phi) is 34.3. The first-order valence-electron chi connectivity index (χ1n) is 28.8. The average Bonchev–Trinajstić information content (AvgIpc) is 3.13. The van der Waals surface area contributed by atoms with Gasteiger partial charge in [-0.15, -0.1) is 0 Å². The highest BCUT2D eigenvalue weighted by atomic mass is 31.2. The van der Waals surface area contributed by atoms with E-state index in [0.29, 0.717) is 18.4 Å². The number of aliphatic hydroxyl groups excluding tert-OH is 2. The highest BCUT2D eigenvalue weighted by Gasteiger charge is 2.38. The van der Waals surface area contributed by atoms with Crippen LogP contribution in [0.3, 0.4) is 0 Å². The second-order valence-electron chi connectivity index (χ2n) is 21.3. The minimum atomic E-state index is -4.43. The van der Waals surface area contributed by atoms with Gasteiger partial charge in [-0.3, -0.25) is 57.3 Å². The molecule has 1 aliphatic rings. The quantitative estimate of drug-likeness (QED) is 0.0262. The van der Waals surface area contributed by atoms with Crippen molar-refractivity contribution in [3.63, 3.8) is 0 Å². The maximum absolute atomic E-state index is 14.5. The van der Waals surface area contributed by atoms with E-state index in [1.807, 2.05) is 6.92 Å². The molecular weight excluding hydrogens is 1150 g/mol. The maximum atomic E-state index is 14.5. The van der Waals surface area contributed by atoms with E-state index < -0.39 is 164 Å². The number of hydrogen-bond acceptors (Lipinski definition) is 20. The van der Waals surface area contributed by atoms with Gasteiger partial charge in [-0.2, -0.15) is 0 Å². The Morgan fingerprint density at radius 2 is 1.12 bits per heavy atom. The lowest BCUT2D eigenvalue weighted by molar-refractivity contribution is -0.137. The van der Waals surface area contributed by atoms with Gasteiger partial charge in [0.1, 0.15) is 66.6 Å². The predicted molar refractivity (Wildman–Crippen MR) is 314 cm³/mol. The summed E-state index contributed by atoms with van der Waals surface area (Å²) in [5.41, 5.74) is 29.7. The topological polar surface area (TPSA) is 537 Å². The van der Waals surface area contributed by atoms with Gasteiger partial charge in [0.25, 0.3) is 0 Å². The van der Waals surface area contributed by atoms with Crippen molar-refractivity contribution in [3.8, 4) is 0 Å². The molecule has 0 bridgehead atoms. The van der Waals surface area contributed by atoms with Crippen molar-refractivity contribution in [3.05, 3.63) is 35.9 Å². The van der Waals surface area contributed by atoms with Crippen LogP contribution in [0.2, 0.25) is 0 Å². The predicted octanol–water partition coefficient (Wildman–Crippen LogP) is -6.85. The van der Waals surface area contributed by atoms with E-state index in [1.165, 1.54) is 6.92 Å². The van der Waals surface area contributed by atoms with Crippen molar-refractivity contribution in [1.29, 1.82) is 0 Å². The Hall–Kier alpha value is -6.74. The number of nitrogens with one attached hydrogen (secondary N) is 11. The lowest BCUT2D eigenvalue weighted by Gasteiger charge is -2.29. The molecule has 0 aromatic heterocycles. The van der Waals surface area contributed by atoms with E-state index >= 15 is 0 Å². The molecule has 24 N–H and O–H groups in total. The lowest BCUT2D eigenvalue weighted by atomic mass is 10.00. The Morgan fingerprint density at radius 3 is 1.62 bits per heavy atom. The number of rotatable bonds is 29. The molecule has 486 valence electrons. The summed E-state index contributed by atoms with van der Waals surface area (Å²) in [6.07, 6.45) is -5.01. The van der Waals surface area contributed by atoms with Crippen LogP contribution in [0.1, 0.15) is 98.0 Å². The van der Waals surface area contributed by atoms with Gasteiger partial charge in [-0.25, -0.2) is 0 Å². The molecule has 0 spiro atoms. The molecular formula is C53H93N16O16P. The molecule has 1 saturated heterocycles. The summed E-state index contributed by atoms with van der Waals surface area (Å²) >= 11 is 0. The first-order chi connectivity index (χ1) is 40.6. The second kappa shape index (κ2) is 39.1. The molecule has 1 aromatic carbocycles. The van der Waals surface area contributed by atoms with Crippen molar-refractivity contribution in [1.82, 2.24) is 58.5 Å². The fourth-order valence-electron chi connectivity index (χ4n) is 8.69. The summed E-state index contributed by atoms with van der Waals surface area (Å²) in [6, 6.07) is -7.04. The molecule has 0 aliphatic carbocycles. The Labute approximate surface area is 500 Å². The van der Waals surface area contributed by atoms with Crippen LogP contribution < -0.4 is 87.2 Å². The fourth-order valence-corrected chi connectivity index (χ4v) is 9.65.